The maximum Gasteiger partial charge on any atom is 0.311 e. The van der Waals surface area contributed by atoms with E-state index in [0.717, 1.165) is 24.8 Å². The highest BCUT2D eigenvalue weighted by Gasteiger charge is 2.28. The van der Waals surface area contributed by atoms with Crippen molar-refractivity contribution in [2.75, 3.05) is 6.54 Å². The molecule has 35 heavy (non-hydrogen) atoms. The van der Waals surface area contributed by atoms with Crippen LogP contribution in [0.25, 0.3) is 0 Å². The van der Waals surface area contributed by atoms with Crippen LogP contribution in [0.5, 0.6) is 0 Å². The molecular weight excluding hydrogens is 460 g/mol. The van der Waals surface area contributed by atoms with Crippen LogP contribution in [0.2, 0.25) is 0 Å². The van der Waals surface area contributed by atoms with E-state index in [0.29, 0.717) is 12.3 Å². The molecule has 0 unspecified atom stereocenters. The third-order valence-electron chi connectivity index (χ3n) is 5.45. The second kappa shape index (κ2) is 19.3. The molecule has 0 aliphatic carbocycles. The molecule has 0 aliphatic heterocycles. The van der Waals surface area contributed by atoms with Crippen molar-refractivity contribution < 1.29 is 14.3 Å². The Morgan fingerprint density at radius 2 is 1.60 bits per heavy atom. The Kier molecular flexibility index (Phi) is 18.3. The van der Waals surface area contributed by atoms with Crippen LogP contribution in [0.4, 0.5) is 0 Å². The average molecular weight is 509 g/mol. The van der Waals surface area contributed by atoms with Gasteiger partial charge in [0.1, 0.15) is 5.76 Å². The highest BCUT2D eigenvalue weighted by molar-refractivity contribution is 7.99. The van der Waals surface area contributed by atoms with Gasteiger partial charge in [0, 0.05) is 29.5 Å². The molecule has 0 atom stereocenters. The number of hydrogen-bond acceptors (Lipinski definition) is 6. The predicted molar refractivity (Wildman–Crippen MR) is 149 cm³/mol. The molecule has 0 spiro atoms. The van der Waals surface area contributed by atoms with E-state index in [2.05, 4.69) is 22.9 Å². The fraction of sp³-hybridized carbons (Fsp3) is 0.714. The van der Waals surface area contributed by atoms with Crippen LogP contribution >= 0.6 is 11.9 Å². The fourth-order valence-electron chi connectivity index (χ4n) is 3.47. The Balaban J connectivity index is 4.54. The van der Waals surface area contributed by atoms with Crippen molar-refractivity contribution in [1.29, 1.82) is 0 Å². The Morgan fingerprint density at radius 1 is 0.971 bits per heavy atom. The van der Waals surface area contributed by atoms with Crippen LogP contribution in [0.3, 0.4) is 0 Å². The molecule has 0 rings (SSSR count). The summed E-state index contributed by atoms with van der Waals surface area (Å²) in [5.74, 6) is -0.0262. The lowest BCUT2D eigenvalue weighted by atomic mass is 9.85. The van der Waals surface area contributed by atoms with Crippen LogP contribution in [-0.4, -0.2) is 23.2 Å². The summed E-state index contributed by atoms with van der Waals surface area (Å²) < 4.78 is 7.96. The molecular formula is C28H48N2O4S. The predicted octanol–water partition coefficient (Wildman–Crippen LogP) is 8.19. The molecule has 7 heteroatoms. The van der Waals surface area contributed by atoms with Crippen LogP contribution in [0.1, 0.15) is 112 Å². The van der Waals surface area contributed by atoms with E-state index in [1.54, 1.807) is 6.08 Å². The Morgan fingerprint density at radius 3 is 2.20 bits per heavy atom. The van der Waals surface area contributed by atoms with Crippen molar-refractivity contribution >= 4 is 23.8 Å². The van der Waals surface area contributed by atoms with E-state index in [9.17, 15) is 14.5 Å². The number of allylic oxidation sites excluding steroid dienone is 5. The summed E-state index contributed by atoms with van der Waals surface area (Å²) in [5, 5.41) is 2.82. The van der Waals surface area contributed by atoms with Gasteiger partial charge < -0.3 is 10.1 Å². The third-order valence-corrected chi connectivity index (χ3v) is 6.16. The molecule has 0 aromatic heterocycles. The molecule has 0 saturated carbocycles. The summed E-state index contributed by atoms with van der Waals surface area (Å²) >= 11 is 0.895. The molecule has 1 amide bonds. The van der Waals surface area contributed by atoms with Crippen molar-refractivity contribution in [2.45, 2.75) is 117 Å². The summed E-state index contributed by atoms with van der Waals surface area (Å²) in [5.41, 5.74) is -0.562. The number of carbonyl (C=O) groups excluding carboxylic acids is 2. The molecule has 200 valence electrons. The monoisotopic (exact) mass is 508 g/mol. The maximum absolute atomic E-state index is 12.6. The molecule has 0 bridgehead atoms. The van der Waals surface area contributed by atoms with Gasteiger partial charge in [-0.2, -0.15) is 0 Å². The largest absolute Gasteiger partial charge is 0.427 e. The Bertz CT molecular complexity index is 712. The van der Waals surface area contributed by atoms with Crippen molar-refractivity contribution in [3.8, 4) is 0 Å². The number of nitroso groups, excluding NO2 is 1. The van der Waals surface area contributed by atoms with Gasteiger partial charge in [0.25, 0.3) is 0 Å². The third kappa shape index (κ3) is 20.0. The summed E-state index contributed by atoms with van der Waals surface area (Å²) in [6.07, 6.45) is 20.9. The van der Waals surface area contributed by atoms with E-state index in [1.165, 1.54) is 44.9 Å². The zero-order valence-corrected chi connectivity index (χ0v) is 23.7. The standard InChI is InChI=1S/C28H48N2O4S/c1-7-9-11-12-13-14-15-16-17-18-20-24(19-10-8-2)34-26(32)22-27(3,4)21-25(31)29-23-28(5,6)35-30-33/h8,10,18-20H,7,9,11-17,21-23H2,1-6H3,(H,29,31)/b10-8+,20-18+,24-19-. The maximum atomic E-state index is 12.6. The fourth-order valence-corrected chi connectivity index (χ4v) is 3.81. The van der Waals surface area contributed by atoms with Crippen molar-refractivity contribution in [3.05, 3.63) is 41.0 Å². The SMILES string of the molecule is C/C=C/C=C(/C=C/CCCCCCCCCC)OC(=O)CC(C)(C)CC(=O)NCC(C)(C)SN=O. The minimum atomic E-state index is -0.562. The molecule has 0 saturated heterocycles. The lowest BCUT2D eigenvalue weighted by Gasteiger charge is -2.25. The summed E-state index contributed by atoms with van der Waals surface area (Å²) in [6, 6.07) is 0. The zero-order chi connectivity index (χ0) is 26.6. The van der Waals surface area contributed by atoms with E-state index in [4.69, 9.17) is 4.74 Å². The van der Waals surface area contributed by atoms with Gasteiger partial charge in [-0.15, -0.1) is 4.91 Å². The van der Waals surface area contributed by atoms with Gasteiger partial charge in [0.05, 0.1) is 11.2 Å². The molecule has 0 fully saturated rings. The van der Waals surface area contributed by atoms with Gasteiger partial charge in [-0.25, -0.2) is 0 Å². The van der Waals surface area contributed by atoms with Crippen molar-refractivity contribution in [1.82, 2.24) is 5.32 Å². The van der Waals surface area contributed by atoms with Gasteiger partial charge in [0.15, 0.2) is 0 Å². The second-order valence-electron chi connectivity index (χ2n) is 10.5. The lowest BCUT2D eigenvalue weighted by Crippen LogP contribution is -2.38. The number of ether oxygens (including phenoxy) is 1. The first-order valence-electron chi connectivity index (χ1n) is 13.0. The molecule has 0 aromatic carbocycles. The first kappa shape index (κ1) is 33.1. The average Bonchev–Trinajstić information content (AvgIpc) is 2.76. The molecule has 6 nitrogen and oxygen atoms in total. The summed E-state index contributed by atoms with van der Waals surface area (Å²) in [7, 11) is 0. The quantitative estimate of drug-likeness (QED) is 0.0447. The highest BCUT2D eigenvalue weighted by atomic mass is 32.2. The number of nitrogens with zero attached hydrogens (tertiary/aromatic N) is 1. The van der Waals surface area contributed by atoms with Crippen molar-refractivity contribution in [3.63, 3.8) is 0 Å². The first-order valence-corrected chi connectivity index (χ1v) is 13.8. The van der Waals surface area contributed by atoms with Gasteiger partial charge in [-0.05, 0) is 51.2 Å². The minimum Gasteiger partial charge on any atom is -0.427 e. The molecule has 0 radical (unpaired) electrons. The minimum absolute atomic E-state index is 0.119. The van der Waals surface area contributed by atoms with Gasteiger partial charge in [-0.1, -0.05) is 83.9 Å². The molecule has 0 heterocycles. The van der Waals surface area contributed by atoms with E-state index in [1.807, 2.05) is 52.8 Å². The molecule has 0 aromatic rings. The van der Waals surface area contributed by atoms with Crippen LogP contribution in [-0.2, 0) is 14.3 Å². The van der Waals surface area contributed by atoms with Crippen molar-refractivity contribution in [2.24, 2.45) is 10.00 Å². The number of hydrogen-bond donors (Lipinski definition) is 1. The van der Waals surface area contributed by atoms with Crippen LogP contribution < -0.4 is 5.32 Å². The number of carbonyl (C=O) groups is 2. The lowest BCUT2D eigenvalue weighted by molar-refractivity contribution is -0.141. The number of unbranched alkanes of at least 4 members (excludes halogenated alkanes) is 8. The summed E-state index contributed by atoms with van der Waals surface area (Å²) in [6.45, 7) is 11.9. The highest BCUT2D eigenvalue weighted by Crippen LogP contribution is 2.27. The van der Waals surface area contributed by atoms with Crippen LogP contribution in [0.15, 0.2) is 40.7 Å². The second-order valence-corrected chi connectivity index (χ2v) is 11.9. The molecule has 0 aliphatic rings. The van der Waals surface area contributed by atoms with Gasteiger partial charge in [-0.3, -0.25) is 9.59 Å². The number of amides is 1. The normalized spacial score (nSPS) is 12.9. The van der Waals surface area contributed by atoms with Crippen LogP contribution in [0, 0.1) is 10.3 Å². The summed E-state index contributed by atoms with van der Waals surface area (Å²) in [4.78, 5) is 35.4. The first-order chi connectivity index (χ1) is 16.5. The Hall–Kier alpha value is -1.89. The smallest absolute Gasteiger partial charge is 0.311 e. The van der Waals surface area contributed by atoms with Gasteiger partial charge in [0.2, 0.25) is 5.91 Å². The molecule has 1 N–H and O–H groups in total. The van der Waals surface area contributed by atoms with Gasteiger partial charge >= 0.3 is 5.97 Å². The zero-order valence-electron chi connectivity index (χ0n) is 22.9. The number of rotatable bonds is 20. The topological polar surface area (TPSA) is 84.8 Å². The van der Waals surface area contributed by atoms with E-state index in [-0.39, 0.29) is 24.7 Å². The van der Waals surface area contributed by atoms with E-state index >= 15 is 0 Å². The number of nitrogens with one attached hydrogen (secondary N) is 1. The van der Waals surface area contributed by atoms with E-state index < -0.39 is 10.2 Å². The number of esters is 1. The Labute approximate surface area is 217 Å².